The summed E-state index contributed by atoms with van der Waals surface area (Å²) in [6.45, 7) is 6.38. The van der Waals surface area contributed by atoms with Gasteiger partial charge in [0.2, 0.25) is 0 Å². The minimum Gasteiger partial charge on any atom is -0.491 e. The maximum absolute atomic E-state index is 5.71. The first kappa shape index (κ1) is 14.4. The van der Waals surface area contributed by atoms with Crippen molar-refractivity contribution in [2.24, 2.45) is 5.92 Å². The average Bonchev–Trinajstić information content (AvgIpc) is 2.72. The number of hydrogen-bond donors (Lipinski definition) is 1. The van der Waals surface area contributed by atoms with Gasteiger partial charge in [-0.2, -0.15) is 0 Å². The van der Waals surface area contributed by atoms with Gasteiger partial charge in [0.15, 0.2) is 0 Å². The average molecular weight is 262 g/mol. The predicted molar refractivity (Wildman–Crippen MR) is 79.6 cm³/mol. The molecular formula is C16H26N2O. The van der Waals surface area contributed by atoms with Crippen molar-refractivity contribution in [1.29, 1.82) is 0 Å². The van der Waals surface area contributed by atoms with Gasteiger partial charge in [-0.3, -0.25) is 4.90 Å². The third-order valence-electron chi connectivity index (χ3n) is 3.83. The number of nitrogens with zero attached hydrogens (tertiary/aromatic N) is 1. The Morgan fingerprint density at radius 1 is 1.32 bits per heavy atom. The Balaban J connectivity index is 2.11. The molecule has 1 saturated heterocycles. The summed E-state index contributed by atoms with van der Waals surface area (Å²) in [5.74, 6) is 1.66. The minimum absolute atomic E-state index is 0.233. The van der Waals surface area contributed by atoms with Crippen molar-refractivity contribution in [2.75, 3.05) is 27.2 Å². The van der Waals surface area contributed by atoms with Crippen LogP contribution in [0.1, 0.15) is 31.9 Å². The number of hydrogen-bond acceptors (Lipinski definition) is 3. The fourth-order valence-electron chi connectivity index (χ4n) is 3.04. The zero-order valence-electron chi connectivity index (χ0n) is 12.5. The van der Waals surface area contributed by atoms with Crippen LogP contribution in [0.5, 0.6) is 5.75 Å². The first-order valence-electron chi connectivity index (χ1n) is 7.23. The summed E-state index contributed by atoms with van der Waals surface area (Å²) in [4.78, 5) is 2.46. The molecule has 1 aromatic carbocycles. The zero-order chi connectivity index (χ0) is 13.8. The molecule has 2 rings (SSSR count). The maximum Gasteiger partial charge on any atom is 0.119 e. The predicted octanol–water partition coefficient (Wildman–Crippen LogP) is 2.69. The van der Waals surface area contributed by atoms with E-state index in [1.165, 1.54) is 18.5 Å². The molecule has 0 radical (unpaired) electrons. The van der Waals surface area contributed by atoms with Crippen molar-refractivity contribution < 1.29 is 4.74 Å². The summed E-state index contributed by atoms with van der Waals surface area (Å²) < 4.78 is 5.71. The standard InChI is InChI=1S/C16H26N2O/c1-12(2)19-15-7-5-13(6-8-15)16-14(11-17-3)9-10-18(16)4/h5-8,12,14,16-17H,9-11H2,1-4H3. The van der Waals surface area contributed by atoms with Crippen molar-refractivity contribution in [2.45, 2.75) is 32.4 Å². The van der Waals surface area contributed by atoms with E-state index >= 15 is 0 Å². The van der Waals surface area contributed by atoms with Crippen LogP contribution in [-0.4, -0.2) is 38.2 Å². The molecule has 19 heavy (non-hydrogen) atoms. The van der Waals surface area contributed by atoms with E-state index in [9.17, 15) is 0 Å². The van der Waals surface area contributed by atoms with Crippen molar-refractivity contribution in [1.82, 2.24) is 10.2 Å². The molecule has 3 nitrogen and oxygen atoms in total. The van der Waals surface area contributed by atoms with E-state index in [1.807, 2.05) is 7.05 Å². The molecule has 0 aliphatic carbocycles. The van der Waals surface area contributed by atoms with Gasteiger partial charge in [-0.05, 0) is 71.1 Å². The molecule has 0 spiro atoms. The maximum atomic E-state index is 5.71. The van der Waals surface area contributed by atoms with Crippen molar-refractivity contribution in [3.63, 3.8) is 0 Å². The second-order valence-corrected chi connectivity index (χ2v) is 5.77. The molecule has 1 N–H and O–H groups in total. The Morgan fingerprint density at radius 3 is 2.58 bits per heavy atom. The highest BCUT2D eigenvalue weighted by molar-refractivity contribution is 5.30. The van der Waals surface area contributed by atoms with Gasteiger partial charge < -0.3 is 10.1 Å². The van der Waals surface area contributed by atoms with Gasteiger partial charge in [-0.1, -0.05) is 12.1 Å². The molecule has 1 heterocycles. The summed E-state index contributed by atoms with van der Waals surface area (Å²) in [6.07, 6.45) is 1.50. The van der Waals surface area contributed by atoms with Crippen molar-refractivity contribution >= 4 is 0 Å². The lowest BCUT2D eigenvalue weighted by Crippen LogP contribution is -2.26. The number of benzene rings is 1. The van der Waals surface area contributed by atoms with Gasteiger partial charge in [-0.25, -0.2) is 0 Å². The molecule has 0 aromatic heterocycles. The Morgan fingerprint density at radius 2 is 2.00 bits per heavy atom. The van der Waals surface area contributed by atoms with Crippen LogP contribution < -0.4 is 10.1 Å². The van der Waals surface area contributed by atoms with E-state index in [-0.39, 0.29) is 6.10 Å². The van der Waals surface area contributed by atoms with E-state index in [1.54, 1.807) is 0 Å². The molecule has 2 atom stereocenters. The van der Waals surface area contributed by atoms with Crippen LogP contribution in [0.3, 0.4) is 0 Å². The van der Waals surface area contributed by atoms with E-state index in [0.29, 0.717) is 12.0 Å². The fraction of sp³-hybridized carbons (Fsp3) is 0.625. The minimum atomic E-state index is 0.233. The normalized spacial score (nSPS) is 24.1. The molecule has 1 fully saturated rings. The monoisotopic (exact) mass is 262 g/mol. The lowest BCUT2D eigenvalue weighted by Gasteiger charge is -2.25. The highest BCUT2D eigenvalue weighted by atomic mass is 16.5. The van der Waals surface area contributed by atoms with Crippen LogP contribution in [0.2, 0.25) is 0 Å². The molecule has 1 aromatic rings. The Hall–Kier alpha value is -1.06. The largest absolute Gasteiger partial charge is 0.491 e. The van der Waals surface area contributed by atoms with Gasteiger partial charge in [-0.15, -0.1) is 0 Å². The lowest BCUT2D eigenvalue weighted by atomic mass is 9.93. The highest BCUT2D eigenvalue weighted by Gasteiger charge is 2.32. The summed E-state index contributed by atoms with van der Waals surface area (Å²) in [6, 6.07) is 9.15. The topological polar surface area (TPSA) is 24.5 Å². The number of likely N-dealkylation sites (tertiary alicyclic amines) is 1. The number of ether oxygens (including phenoxy) is 1. The Bertz CT molecular complexity index is 386. The number of nitrogens with one attached hydrogen (secondary N) is 1. The van der Waals surface area contributed by atoms with Crippen LogP contribution in [-0.2, 0) is 0 Å². The smallest absolute Gasteiger partial charge is 0.119 e. The summed E-state index contributed by atoms with van der Waals surface area (Å²) in [5, 5.41) is 3.32. The quantitative estimate of drug-likeness (QED) is 0.883. The zero-order valence-corrected chi connectivity index (χ0v) is 12.5. The second-order valence-electron chi connectivity index (χ2n) is 5.77. The second kappa shape index (κ2) is 6.40. The third kappa shape index (κ3) is 3.48. The third-order valence-corrected chi connectivity index (χ3v) is 3.83. The number of rotatable bonds is 5. The molecular weight excluding hydrogens is 236 g/mol. The highest BCUT2D eigenvalue weighted by Crippen LogP contribution is 2.36. The summed E-state index contributed by atoms with van der Waals surface area (Å²) >= 11 is 0. The first-order chi connectivity index (χ1) is 9.11. The van der Waals surface area contributed by atoms with Gasteiger partial charge >= 0.3 is 0 Å². The molecule has 0 saturated carbocycles. The van der Waals surface area contributed by atoms with Crippen LogP contribution in [0.15, 0.2) is 24.3 Å². The molecule has 0 amide bonds. The van der Waals surface area contributed by atoms with Gasteiger partial charge in [0.05, 0.1) is 6.10 Å². The molecule has 3 heteroatoms. The fourth-order valence-corrected chi connectivity index (χ4v) is 3.04. The summed E-state index contributed by atoms with van der Waals surface area (Å²) in [7, 11) is 4.26. The van der Waals surface area contributed by atoms with E-state index in [2.05, 4.69) is 55.4 Å². The van der Waals surface area contributed by atoms with Crippen molar-refractivity contribution in [3.8, 4) is 5.75 Å². The Kier molecular flexibility index (Phi) is 4.83. The van der Waals surface area contributed by atoms with Crippen LogP contribution in [0.25, 0.3) is 0 Å². The molecule has 2 unspecified atom stereocenters. The van der Waals surface area contributed by atoms with Crippen LogP contribution >= 0.6 is 0 Å². The summed E-state index contributed by atoms with van der Waals surface area (Å²) in [5.41, 5.74) is 1.40. The SMILES string of the molecule is CNCC1CCN(C)C1c1ccc(OC(C)C)cc1. The first-order valence-corrected chi connectivity index (χ1v) is 7.23. The van der Waals surface area contributed by atoms with Gasteiger partial charge in [0, 0.05) is 6.04 Å². The van der Waals surface area contributed by atoms with E-state index in [0.717, 1.165) is 12.3 Å². The molecule has 1 aliphatic heterocycles. The molecule has 1 aliphatic rings. The Labute approximate surface area is 116 Å². The van der Waals surface area contributed by atoms with Crippen molar-refractivity contribution in [3.05, 3.63) is 29.8 Å². The van der Waals surface area contributed by atoms with Crippen LogP contribution in [0.4, 0.5) is 0 Å². The van der Waals surface area contributed by atoms with E-state index < -0.39 is 0 Å². The van der Waals surface area contributed by atoms with Gasteiger partial charge in [0.1, 0.15) is 5.75 Å². The molecule has 106 valence electrons. The van der Waals surface area contributed by atoms with Gasteiger partial charge in [0.25, 0.3) is 0 Å². The van der Waals surface area contributed by atoms with Crippen LogP contribution in [0, 0.1) is 5.92 Å². The van der Waals surface area contributed by atoms with E-state index in [4.69, 9.17) is 4.74 Å². The molecule has 0 bridgehead atoms. The lowest BCUT2D eigenvalue weighted by molar-refractivity contribution is 0.241.